The van der Waals surface area contributed by atoms with Crippen molar-refractivity contribution in [1.29, 1.82) is 0 Å². The third-order valence-electron chi connectivity index (χ3n) is 2.74. The number of aromatic nitrogens is 6. The lowest BCUT2D eigenvalue weighted by atomic mass is 10.2. The van der Waals surface area contributed by atoms with Crippen LogP contribution >= 0.6 is 12.2 Å². The van der Waals surface area contributed by atoms with Crippen LogP contribution < -0.4 is 0 Å². The molecule has 0 aliphatic heterocycles. The predicted molar refractivity (Wildman–Crippen MR) is 73.0 cm³/mol. The van der Waals surface area contributed by atoms with Crippen LogP contribution in [0.1, 0.15) is 5.82 Å². The van der Waals surface area contributed by atoms with Crippen molar-refractivity contribution < 1.29 is 0 Å². The molecule has 0 amide bonds. The number of nitrogens with one attached hydrogen (secondary N) is 1. The first kappa shape index (κ1) is 11.8. The average molecular weight is 272 g/mol. The molecule has 7 heteroatoms. The van der Waals surface area contributed by atoms with Crippen LogP contribution in [0.15, 0.2) is 36.7 Å². The molecule has 0 bridgehead atoms. The van der Waals surface area contributed by atoms with E-state index in [1.165, 1.54) is 0 Å². The van der Waals surface area contributed by atoms with Crippen molar-refractivity contribution in [2.45, 2.75) is 6.54 Å². The Morgan fingerprint density at radius 2 is 2.05 bits per heavy atom. The Morgan fingerprint density at radius 1 is 1.26 bits per heavy atom. The highest BCUT2D eigenvalue weighted by atomic mass is 32.1. The van der Waals surface area contributed by atoms with Gasteiger partial charge in [0.05, 0.1) is 6.54 Å². The van der Waals surface area contributed by atoms with E-state index in [0.717, 1.165) is 11.4 Å². The molecule has 2 aromatic heterocycles. The Balaban J connectivity index is 2.02. The zero-order valence-electron chi connectivity index (χ0n) is 10.3. The van der Waals surface area contributed by atoms with Gasteiger partial charge in [-0.3, -0.25) is 14.3 Å². The molecule has 0 radical (unpaired) electrons. The molecule has 3 aromatic rings. The van der Waals surface area contributed by atoms with Crippen molar-refractivity contribution in [3.63, 3.8) is 0 Å². The second-order valence-electron chi connectivity index (χ2n) is 4.14. The van der Waals surface area contributed by atoms with Crippen LogP contribution in [0.4, 0.5) is 0 Å². The molecular formula is C12H12N6S. The lowest BCUT2D eigenvalue weighted by Gasteiger charge is -2.04. The molecule has 0 fully saturated rings. The van der Waals surface area contributed by atoms with Gasteiger partial charge in [0.2, 0.25) is 0 Å². The smallest absolute Gasteiger partial charge is 0.195 e. The van der Waals surface area contributed by atoms with Gasteiger partial charge >= 0.3 is 0 Å². The standard InChI is InChI=1S/C12H12N6S/c1-17-8-13-10(16-17)7-18-11(14-15-12(18)19)9-5-3-2-4-6-9/h2-6,8H,7H2,1H3,(H,15,19). The topological polar surface area (TPSA) is 64.3 Å². The molecule has 0 atom stereocenters. The summed E-state index contributed by atoms with van der Waals surface area (Å²) in [6, 6.07) is 9.89. The third-order valence-corrected chi connectivity index (χ3v) is 3.05. The number of nitrogens with zero attached hydrogens (tertiary/aromatic N) is 5. The van der Waals surface area contributed by atoms with E-state index < -0.39 is 0 Å². The lowest BCUT2D eigenvalue weighted by molar-refractivity contribution is 0.699. The van der Waals surface area contributed by atoms with E-state index in [0.29, 0.717) is 17.1 Å². The number of hydrogen-bond donors (Lipinski definition) is 1. The third kappa shape index (κ3) is 2.32. The summed E-state index contributed by atoms with van der Waals surface area (Å²) >= 11 is 5.26. The highest BCUT2D eigenvalue weighted by Gasteiger charge is 2.10. The summed E-state index contributed by atoms with van der Waals surface area (Å²) in [7, 11) is 1.84. The molecule has 1 aromatic carbocycles. The molecule has 3 rings (SSSR count). The second-order valence-corrected chi connectivity index (χ2v) is 4.53. The Morgan fingerprint density at radius 3 is 2.74 bits per heavy atom. The van der Waals surface area contributed by atoms with Gasteiger partial charge < -0.3 is 0 Å². The van der Waals surface area contributed by atoms with Gasteiger partial charge in [0.25, 0.3) is 0 Å². The van der Waals surface area contributed by atoms with Crippen molar-refractivity contribution in [3.05, 3.63) is 47.3 Å². The van der Waals surface area contributed by atoms with Gasteiger partial charge in [0.1, 0.15) is 6.33 Å². The molecule has 0 saturated heterocycles. The molecule has 0 aliphatic rings. The summed E-state index contributed by atoms with van der Waals surface area (Å²) in [5.74, 6) is 1.50. The first-order chi connectivity index (χ1) is 9.24. The monoisotopic (exact) mass is 272 g/mol. The predicted octanol–water partition coefficient (Wildman–Crippen LogP) is 1.78. The van der Waals surface area contributed by atoms with Gasteiger partial charge in [-0.05, 0) is 12.2 Å². The lowest BCUT2D eigenvalue weighted by Crippen LogP contribution is -2.04. The maximum absolute atomic E-state index is 5.26. The SMILES string of the molecule is Cn1cnc(Cn2c(-c3ccccc3)n[nH]c2=S)n1. The van der Waals surface area contributed by atoms with E-state index in [1.54, 1.807) is 11.0 Å². The molecule has 96 valence electrons. The zero-order chi connectivity index (χ0) is 13.2. The maximum Gasteiger partial charge on any atom is 0.195 e. The minimum atomic E-state index is 0.500. The van der Waals surface area contributed by atoms with Crippen LogP contribution in [-0.4, -0.2) is 29.5 Å². The van der Waals surface area contributed by atoms with Crippen LogP contribution in [0, 0.1) is 4.77 Å². The summed E-state index contributed by atoms with van der Waals surface area (Å²) in [6.07, 6.45) is 1.67. The summed E-state index contributed by atoms with van der Waals surface area (Å²) < 4.78 is 4.12. The van der Waals surface area contributed by atoms with Gasteiger partial charge in [-0.1, -0.05) is 30.3 Å². The van der Waals surface area contributed by atoms with Crippen LogP contribution in [0.3, 0.4) is 0 Å². The normalized spacial score (nSPS) is 10.8. The molecule has 0 saturated carbocycles. The molecule has 0 unspecified atom stereocenters. The largest absolute Gasteiger partial charge is 0.292 e. The summed E-state index contributed by atoms with van der Waals surface area (Å²) in [6.45, 7) is 0.500. The number of rotatable bonds is 3. The van der Waals surface area contributed by atoms with E-state index >= 15 is 0 Å². The van der Waals surface area contributed by atoms with E-state index in [-0.39, 0.29) is 0 Å². The molecule has 0 aliphatic carbocycles. The van der Waals surface area contributed by atoms with Crippen LogP contribution in [0.5, 0.6) is 0 Å². The van der Waals surface area contributed by atoms with Gasteiger partial charge in [0.15, 0.2) is 16.4 Å². The van der Waals surface area contributed by atoms with Crippen LogP contribution in [0.2, 0.25) is 0 Å². The zero-order valence-corrected chi connectivity index (χ0v) is 11.1. The minimum Gasteiger partial charge on any atom is -0.292 e. The molecule has 1 N–H and O–H groups in total. The molecule has 6 nitrogen and oxygen atoms in total. The Labute approximate surface area is 114 Å². The van der Waals surface area contributed by atoms with Gasteiger partial charge in [-0.2, -0.15) is 10.2 Å². The highest BCUT2D eigenvalue weighted by molar-refractivity contribution is 7.71. The summed E-state index contributed by atoms with van der Waals surface area (Å²) in [5.41, 5.74) is 1.01. The van der Waals surface area contributed by atoms with Crippen molar-refractivity contribution in [2.24, 2.45) is 7.05 Å². The van der Waals surface area contributed by atoms with Crippen molar-refractivity contribution in [3.8, 4) is 11.4 Å². The van der Waals surface area contributed by atoms with Crippen LogP contribution in [0.25, 0.3) is 11.4 Å². The average Bonchev–Trinajstić information content (AvgIpc) is 2.99. The quantitative estimate of drug-likeness (QED) is 0.738. The molecule has 2 heterocycles. The van der Waals surface area contributed by atoms with Crippen LogP contribution in [-0.2, 0) is 13.6 Å². The number of benzene rings is 1. The van der Waals surface area contributed by atoms with Gasteiger partial charge in [-0.15, -0.1) is 0 Å². The van der Waals surface area contributed by atoms with Crippen molar-refractivity contribution in [1.82, 2.24) is 29.5 Å². The Bertz CT molecular complexity index is 739. The van der Waals surface area contributed by atoms with E-state index in [9.17, 15) is 0 Å². The van der Waals surface area contributed by atoms with E-state index in [1.807, 2.05) is 41.9 Å². The van der Waals surface area contributed by atoms with E-state index in [2.05, 4.69) is 20.3 Å². The van der Waals surface area contributed by atoms with E-state index in [4.69, 9.17) is 12.2 Å². The first-order valence-corrected chi connectivity index (χ1v) is 6.20. The van der Waals surface area contributed by atoms with Gasteiger partial charge in [-0.25, -0.2) is 4.98 Å². The summed E-state index contributed by atoms with van der Waals surface area (Å²) in [5, 5.41) is 11.3. The highest BCUT2D eigenvalue weighted by Crippen LogP contribution is 2.17. The fraction of sp³-hybridized carbons (Fsp3) is 0.167. The maximum atomic E-state index is 5.26. The number of hydrogen-bond acceptors (Lipinski definition) is 4. The molecule has 19 heavy (non-hydrogen) atoms. The fourth-order valence-electron chi connectivity index (χ4n) is 1.87. The Hall–Kier alpha value is -2.28. The number of aromatic amines is 1. The van der Waals surface area contributed by atoms with Gasteiger partial charge in [0, 0.05) is 12.6 Å². The first-order valence-electron chi connectivity index (χ1n) is 5.79. The minimum absolute atomic E-state index is 0.500. The van der Waals surface area contributed by atoms with Crippen molar-refractivity contribution >= 4 is 12.2 Å². The van der Waals surface area contributed by atoms with Crippen molar-refractivity contribution in [2.75, 3.05) is 0 Å². The number of H-pyrrole nitrogens is 1. The summed E-state index contributed by atoms with van der Waals surface area (Å²) in [4.78, 5) is 4.21. The fourth-order valence-corrected chi connectivity index (χ4v) is 2.07. The molecular weight excluding hydrogens is 260 g/mol. The Kier molecular flexibility index (Phi) is 2.96. The second kappa shape index (κ2) is 4.77. The molecule has 0 spiro atoms. The number of aryl methyl sites for hydroxylation is 1.